The van der Waals surface area contributed by atoms with Crippen LogP contribution in [0.15, 0.2) is 54.6 Å². The van der Waals surface area contributed by atoms with Crippen molar-refractivity contribution in [3.05, 3.63) is 83.2 Å². The van der Waals surface area contributed by atoms with Gasteiger partial charge in [-0.2, -0.15) is 5.10 Å². The van der Waals surface area contributed by atoms with Gasteiger partial charge < -0.3 is 4.90 Å². The van der Waals surface area contributed by atoms with E-state index >= 15 is 0 Å². The minimum absolute atomic E-state index is 0.126. The number of fused-ring (bicyclic) bond motifs is 1. The van der Waals surface area contributed by atoms with Crippen molar-refractivity contribution in [2.75, 3.05) is 13.6 Å². The fraction of sp³-hybridized carbons (Fsp3) is 0.208. The summed E-state index contributed by atoms with van der Waals surface area (Å²) in [5, 5.41) is 7.92. The fourth-order valence-electron chi connectivity index (χ4n) is 3.58. The molecule has 158 valence electrons. The van der Waals surface area contributed by atoms with Crippen molar-refractivity contribution in [3.8, 4) is 11.3 Å². The first kappa shape index (κ1) is 20.7. The summed E-state index contributed by atoms with van der Waals surface area (Å²) in [5.74, 6) is -0.787. The molecular formula is C24H22F2N4O. The second-order valence-electron chi connectivity index (χ2n) is 7.59. The molecule has 7 heteroatoms. The molecule has 1 amide bonds. The van der Waals surface area contributed by atoms with E-state index < -0.39 is 0 Å². The third-order valence-corrected chi connectivity index (χ3v) is 5.19. The molecule has 0 unspecified atom stereocenters. The summed E-state index contributed by atoms with van der Waals surface area (Å²) in [6.45, 7) is 2.34. The van der Waals surface area contributed by atoms with Gasteiger partial charge in [0.1, 0.15) is 11.6 Å². The predicted molar refractivity (Wildman–Crippen MR) is 116 cm³/mol. The molecule has 0 aliphatic rings. The van der Waals surface area contributed by atoms with E-state index in [4.69, 9.17) is 0 Å². The third-order valence-electron chi connectivity index (χ3n) is 5.19. The summed E-state index contributed by atoms with van der Waals surface area (Å²) in [7, 11) is 1.75. The number of nitrogens with zero attached hydrogens (tertiary/aromatic N) is 3. The van der Waals surface area contributed by atoms with E-state index in [1.807, 2.05) is 6.07 Å². The Morgan fingerprint density at radius 1 is 1.03 bits per heavy atom. The minimum Gasteiger partial charge on any atom is -0.342 e. The van der Waals surface area contributed by atoms with Crippen LogP contribution in [-0.4, -0.2) is 39.6 Å². The maximum Gasteiger partial charge on any atom is 0.254 e. The number of benzene rings is 2. The van der Waals surface area contributed by atoms with Gasteiger partial charge in [-0.1, -0.05) is 0 Å². The lowest BCUT2D eigenvalue weighted by Crippen LogP contribution is -2.28. The molecule has 0 fully saturated rings. The van der Waals surface area contributed by atoms with Gasteiger partial charge in [0, 0.05) is 42.0 Å². The van der Waals surface area contributed by atoms with E-state index in [1.54, 1.807) is 43.1 Å². The van der Waals surface area contributed by atoms with E-state index in [2.05, 4.69) is 15.2 Å². The molecule has 0 aliphatic heterocycles. The Bertz CT molecular complexity index is 1230. The number of carbonyl (C=O) groups is 1. The van der Waals surface area contributed by atoms with Crippen molar-refractivity contribution in [2.24, 2.45) is 0 Å². The maximum atomic E-state index is 13.6. The first-order valence-corrected chi connectivity index (χ1v) is 10.0. The number of pyridine rings is 1. The largest absolute Gasteiger partial charge is 0.342 e. The SMILES string of the molecule is Cc1cc(C(=O)N(C)CCCc2cc(-c3ccc(F)cc3)n[nH]2)c2ccc(F)cc2n1. The number of aryl methyl sites for hydroxylation is 2. The molecule has 0 radical (unpaired) electrons. The number of hydrogen-bond acceptors (Lipinski definition) is 3. The van der Waals surface area contributed by atoms with Crippen molar-refractivity contribution in [3.63, 3.8) is 0 Å². The lowest BCUT2D eigenvalue weighted by Gasteiger charge is -2.18. The van der Waals surface area contributed by atoms with Crippen LogP contribution in [0, 0.1) is 18.6 Å². The van der Waals surface area contributed by atoms with Gasteiger partial charge in [0.25, 0.3) is 5.91 Å². The van der Waals surface area contributed by atoms with Crippen molar-refractivity contribution in [2.45, 2.75) is 19.8 Å². The van der Waals surface area contributed by atoms with Gasteiger partial charge >= 0.3 is 0 Å². The first-order valence-electron chi connectivity index (χ1n) is 10.0. The van der Waals surface area contributed by atoms with Crippen LogP contribution in [0.4, 0.5) is 8.78 Å². The van der Waals surface area contributed by atoms with Crippen molar-refractivity contribution in [1.82, 2.24) is 20.1 Å². The number of nitrogens with one attached hydrogen (secondary N) is 1. The van der Waals surface area contributed by atoms with Crippen LogP contribution in [0.25, 0.3) is 22.2 Å². The molecule has 2 aromatic heterocycles. The fourth-order valence-corrected chi connectivity index (χ4v) is 3.58. The van der Waals surface area contributed by atoms with E-state index in [9.17, 15) is 13.6 Å². The second kappa shape index (κ2) is 8.63. The van der Waals surface area contributed by atoms with Crippen LogP contribution in [-0.2, 0) is 6.42 Å². The normalized spacial score (nSPS) is 11.1. The summed E-state index contributed by atoms with van der Waals surface area (Å²) in [5.41, 5.74) is 4.20. The molecule has 0 atom stereocenters. The number of hydrogen-bond donors (Lipinski definition) is 1. The molecule has 2 heterocycles. The Balaban J connectivity index is 1.40. The standard InChI is InChI=1S/C24H22F2N4O/c1-15-12-21(20-10-9-18(26)13-23(20)27-15)24(31)30(2)11-3-4-19-14-22(29-28-19)16-5-7-17(25)8-6-16/h5-10,12-14H,3-4,11H2,1-2H3,(H,28,29). The molecule has 4 aromatic rings. The molecule has 0 spiro atoms. The predicted octanol–water partition coefficient (Wildman–Crippen LogP) is 4.92. The maximum absolute atomic E-state index is 13.6. The Morgan fingerprint density at radius 2 is 1.77 bits per heavy atom. The molecule has 1 N–H and O–H groups in total. The highest BCUT2D eigenvalue weighted by Crippen LogP contribution is 2.22. The molecule has 31 heavy (non-hydrogen) atoms. The number of aromatic amines is 1. The Labute approximate surface area is 178 Å². The number of aromatic nitrogens is 3. The quantitative estimate of drug-likeness (QED) is 0.482. The van der Waals surface area contributed by atoms with Crippen LogP contribution in [0.5, 0.6) is 0 Å². The van der Waals surface area contributed by atoms with Gasteiger partial charge in [-0.15, -0.1) is 0 Å². The van der Waals surface area contributed by atoms with E-state index in [0.717, 1.165) is 23.4 Å². The summed E-state index contributed by atoms with van der Waals surface area (Å²) in [6, 6.07) is 14.1. The molecule has 0 bridgehead atoms. The topological polar surface area (TPSA) is 61.9 Å². The molecule has 0 aliphatic carbocycles. The minimum atomic E-state index is -0.378. The van der Waals surface area contributed by atoms with Gasteiger partial charge in [-0.25, -0.2) is 8.78 Å². The van der Waals surface area contributed by atoms with Crippen LogP contribution in [0.1, 0.15) is 28.2 Å². The van der Waals surface area contributed by atoms with Gasteiger partial charge in [0.15, 0.2) is 0 Å². The number of H-pyrrole nitrogens is 1. The van der Waals surface area contributed by atoms with E-state index in [0.29, 0.717) is 35.1 Å². The van der Waals surface area contributed by atoms with Gasteiger partial charge in [0.05, 0.1) is 16.8 Å². The van der Waals surface area contributed by atoms with Gasteiger partial charge in [-0.05, 0) is 68.3 Å². The smallest absolute Gasteiger partial charge is 0.254 e. The lowest BCUT2D eigenvalue weighted by atomic mass is 10.1. The van der Waals surface area contributed by atoms with Gasteiger partial charge in [-0.3, -0.25) is 14.9 Å². The monoisotopic (exact) mass is 420 g/mol. The third kappa shape index (κ3) is 4.60. The molecule has 2 aromatic carbocycles. The zero-order valence-corrected chi connectivity index (χ0v) is 17.3. The Morgan fingerprint density at radius 3 is 2.55 bits per heavy atom. The molecule has 5 nitrogen and oxygen atoms in total. The second-order valence-corrected chi connectivity index (χ2v) is 7.59. The molecule has 0 saturated carbocycles. The highest BCUT2D eigenvalue weighted by atomic mass is 19.1. The van der Waals surface area contributed by atoms with Crippen LogP contribution >= 0.6 is 0 Å². The van der Waals surface area contributed by atoms with Crippen LogP contribution in [0.2, 0.25) is 0 Å². The lowest BCUT2D eigenvalue weighted by molar-refractivity contribution is 0.0795. The number of rotatable bonds is 6. The van der Waals surface area contributed by atoms with Crippen molar-refractivity contribution < 1.29 is 13.6 Å². The highest BCUT2D eigenvalue weighted by Gasteiger charge is 2.16. The molecular weight excluding hydrogens is 398 g/mol. The first-order chi connectivity index (χ1) is 14.9. The number of amides is 1. The number of halogens is 2. The molecule has 4 rings (SSSR count). The van der Waals surface area contributed by atoms with Crippen LogP contribution < -0.4 is 0 Å². The van der Waals surface area contributed by atoms with Crippen molar-refractivity contribution in [1.29, 1.82) is 0 Å². The van der Waals surface area contributed by atoms with Gasteiger partial charge in [0.2, 0.25) is 0 Å². The Hall–Kier alpha value is -3.61. The van der Waals surface area contributed by atoms with E-state index in [-0.39, 0.29) is 17.5 Å². The van der Waals surface area contributed by atoms with E-state index in [1.165, 1.54) is 24.3 Å². The molecule has 0 saturated heterocycles. The number of carbonyl (C=O) groups excluding carboxylic acids is 1. The van der Waals surface area contributed by atoms with Crippen molar-refractivity contribution >= 4 is 16.8 Å². The van der Waals surface area contributed by atoms with Crippen LogP contribution in [0.3, 0.4) is 0 Å². The average molecular weight is 420 g/mol. The average Bonchev–Trinajstić information content (AvgIpc) is 3.21. The zero-order valence-electron chi connectivity index (χ0n) is 17.3. The Kier molecular flexibility index (Phi) is 5.75. The summed E-state index contributed by atoms with van der Waals surface area (Å²) < 4.78 is 26.6. The summed E-state index contributed by atoms with van der Waals surface area (Å²) in [6.07, 6.45) is 1.46. The summed E-state index contributed by atoms with van der Waals surface area (Å²) >= 11 is 0. The zero-order chi connectivity index (χ0) is 22.0. The highest BCUT2D eigenvalue weighted by molar-refractivity contribution is 6.06. The summed E-state index contributed by atoms with van der Waals surface area (Å²) in [4.78, 5) is 19.0.